The maximum atomic E-state index is 12.9. The van der Waals surface area contributed by atoms with Gasteiger partial charge in [-0.3, -0.25) is 9.48 Å². The average Bonchev–Trinajstić information content (AvgIpc) is 3.16. The second-order valence-corrected chi connectivity index (χ2v) is 6.29. The molecule has 1 aliphatic rings. The van der Waals surface area contributed by atoms with E-state index in [1.807, 2.05) is 0 Å². The number of likely N-dealkylation sites (tertiary alicyclic amines) is 1. The predicted molar refractivity (Wildman–Crippen MR) is 88.4 cm³/mol. The number of hydrogen-bond acceptors (Lipinski definition) is 3. The maximum Gasteiger partial charge on any atom is 0.331 e. The van der Waals surface area contributed by atoms with Gasteiger partial charge in [-0.25, -0.2) is 9.18 Å². The van der Waals surface area contributed by atoms with Crippen molar-refractivity contribution < 1.29 is 19.1 Å². The van der Waals surface area contributed by atoms with Crippen LogP contribution in [0.15, 0.2) is 42.7 Å². The molecule has 1 aliphatic heterocycles. The van der Waals surface area contributed by atoms with Gasteiger partial charge in [-0.15, -0.1) is 0 Å². The number of hydrogen-bond donors (Lipinski definition) is 1. The van der Waals surface area contributed by atoms with Gasteiger partial charge in [0.25, 0.3) is 0 Å². The van der Waals surface area contributed by atoms with Gasteiger partial charge in [0.15, 0.2) is 5.54 Å². The molecule has 1 aromatic carbocycles. The molecule has 0 radical (unpaired) electrons. The molecule has 6 nitrogen and oxygen atoms in total. The summed E-state index contributed by atoms with van der Waals surface area (Å²) in [5, 5.41) is 13.8. The number of rotatable bonds is 5. The van der Waals surface area contributed by atoms with Crippen molar-refractivity contribution in [2.45, 2.75) is 31.2 Å². The van der Waals surface area contributed by atoms with Gasteiger partial charge >= 0.3 is 5.97 Å². The van der Waals surface area contributed by atoms with Crippen molar-refractivity contribution in [1.29, 1.82) is 0 Å². The van der Waals surface area contributed by atoms with Gasteiger partial charge in [-0.05, 0) is 30.2 Å². The number of carboxylic acids is 1. The fourth-order valence-electron chi connectivity index (χ4n) is 3.25. The highest BCUT2D eigenvalue weighted by atomic mass is 19.1. The van der Waals surface area contributed by atoms with Crippen LogP contribution in [0.4, 0.5) is 4.39 Å². The molecular formula is C18H20FN3O3. The number of benzene rings is 1. The van der Waals surface area contributed by atoms with E-state index in [2.05, 4.69) is 5.10 Å². The number of aromatic nitrogens is 2. The van der Waals surface area contributed by atoms with Crippen LogP contribution in [0.5, 0.6) is 0 Å². The van der Waals surface area contributed by atoms with Crippen LogP contribution in [0.25, 0.3) is 0 Å². The Hall–Kier alpha value is -2.70. The van der Waals surface area contributed by atoms with Crippen molar-refractivity contribution in [3.63, 3.8) is 0 Å². The summed E-state index contributed by atoms with van der Waals surface area (Å²) in [5.74, 6) is -1.23. The first kappa shape index (κ1) is 17.1. The standard InChI is InChI=1S/C18H20FN3O3/c19-15-5-2-14(3-6-15)4-7-16(23)21-12-8-18(9-13-21,17(24)25)22-11-1-10-20-22/h1-3,5-6,10-11H,4,7-9,12-13H2,(H,24,25). The Labute approximate surface area is 144 Å². The molecule has 1 saturated heterocycles. The number of aliphatic carboxylic acids is 1. The third-order valence-corrected chi connectivity index (χ3v) is 4.83. The number of halogens is 1. The van der Waals surface area contributed by atoms with Crippen LogP contribution in [0, 0.1) is 5.82 Å². The molecule has 0 unspecified atom stereocenters. The fraction of sp³-hybridized carbons (Fsp3) is 0.389. The number of piperidine rings is 1. The summed E-state index contributed by atoms with van der Waals surface area (Å²) < 4.78 is 14.4. The second-order valence-electron chi connectivity index (χ2n) is 6.29. The molecule has 25 heavy (non-hydrogen) atoms. The molecule has 2 heterocycles. The quantitative estimate of drug-likeness (QED) is 0.900. The topological polar surface area (TPSA) is 75.4 Å². The number of amides is 1. The molecule has 2 aromatic rings. The lowest BCUT2D eigenvalue weighted by Gasteiger charge is -2.39. The van der Waals surface area contributed by atoms with E-state index in [-0.39, 0.29) is 11.7 Å². The van der Waals surface area contributed by atoms with Gasteiger partial charge in [0.05, 0.1) is 0 Å². The van der Waals surface area contributed by atoms with Crippen molar-refractivity contribution in [2.24, 2.45) is 0 Å². The lowest BCUT2D eigenvalue weighted by Crippen LogP contribution is -2.52. The van der Waals surface area contributed by atoms with E-state index < -0.39 is 11.5 Å². The normalized spacial score (nSPS) is 16.6. The fourth-order valence-corrected chi connectivity index (χ4v) is 3.25. The highest BCUT2D eigenvalue weighted by Crippen LogP contribution is 2.30. The molecule has 132 valence electrons. The van der Waals surface area contributed by atoms with Gasteiger partial charge in [0, 0.05) is 44.7 Å². The minimum Gasteiger partial charge on any atom is -0.479 e. The van der Waals surface area contributed by atoms with Crippen LogP contribution in [0.2, 0.25) is 0 Å². The third-order valence-electron chi connectivity index (χ3n) is 4.83. The van der Waals surface area contributed by atoms with E-state index >= 15 is 0 Å². The first-order valence-corrected chi connectivity index (χ1v) is 8.27. The summed E-state index contributed by atoms with van der Waals surface area (Å²) >= 11 is 0. The largest absolute Gasteiger partial charge is 0.479 e. The Morgan fingerprint density at radius 3 is 2.44 bits per heavy atom. The first-order valence-electron chi connectivity index (χ1n) is 8.27. The SMILES string of the molecule is O=C(CCc1ccc(F)cc1)N1CCC(C(=O)O)(n2cccn2)CC1. The zero-order chi connectivity index (χ0) is 17.9. The van der Waals surface area contributed by atoms with Crippen LogP contribution in [0.3, 0.4) is 0 Å². The molecule has 7 heteroatoms. The summed E-state index contributed by atoms with van der Waals surface area (Å²) in [6.07, 6.45) is 4.73. The zero-order valence-corrected chi connectivity index (χ0v) is 13.8. The van der Waals surface area contributed by atoms with Crippen LogP contribution < -0.4 is 0 Å². The molecule has 0 bridgehead atoms. The summed E-state index contributed by atoms with van der Waals surface area (Å²) in [6, 6.07) is 7.81. The van der Waals surface area contributed by atoms with E-state index in [0.717, 1.165) is 5.56 Å². The summed E-state index contributed by atoms with van der Waals surface area (Å²) in [5.41, 5.74) is -0.180. The predicted octanol–water partition coefficient (Wildman–Crippen LogP) is 2.06. The zero-order valence-electron chi connectivity index (χ0n) is 13.8. The highest BCUT2D eigenvalue weighted by Gasteiger charge is 2.44. The molecule has 1 amide bonds. The Bertz CT molecular complexity index is 735. The minimum absolute atomic E-state index is 0.0104. The van der Waals surface area contributed by atoms with Gasteiger partial charge in [0.1, 0.15) is 5.82 Å². The number of carboxylic acid groups (broad SMARTS) is 1. The highest BCUT2D eigenvalue weighted by molar-refractivity contribution is 5.79. The molecule has 3 rings (SSSR count). The Balaban J connectivity index is 1.58. The smallest absolute Gasteiger partial charge is 0.331 e. The average molecular weight is 345 g/mol. The first-order chi connectivity index (χ1) is 12.0. The summed E-state index contributed by atoms with van der Waals surface area (Å²) in [7, 11) is 0. The lowest BCUT2D eigenvalue weighted by atomic mass is 9.87. The van der Waals surface area contributed by atoms with Crippen LogP contribution in [-0.4, -0.2) is 44.8 Å². The number of aryl methyl sites for hydroxylation is 1. The maximum absolute atomic E-state index is 12.9. The summed E-state index contributed by atoms with van der Waals surface area (Å²) in [4.78, 5) is 25.9. The van der Waals surface area contributed by atoms with E-state index in [4.69, 9.17) is 0 Å². The number of carbonyl (C=O) groups is 2. The van der Waals surface area contributed by atoms with Gasteiger partial charge in [-0.1, -0.05) is 12.1 Å². The van der Waals surface area contributed by atoms with Gasteiger partial charge < -0.3 is 10.0 Å². The van der Waals surface area contributed by atoms with Crippen molar-refractivity contribution in [3.05, 3.63) is 54.1 Å². The molecule has 1 aromatic heterocycles. The van der Waals surface area contributed by atoms with Crippen molar-refractivity contribution in [1.82, 2.24) is 14.7 Å². The van der Waals surface area contributed by atoms with E-state index in [9.17, 15) is 19.1 Å². The monoisotopic (exact) mass is 345 g/mol. The van der Waals surface area contributed by atoms with Crippen molar-refractivity contribution in [2.75, 3.05) is 13.1 Å². The van der Waals surface area contributed by atoms with Gasteiger partial charge in [0.2, 0.25) is 5.91 Å². The number of carbonyl (C=O) groups excluding carboxylic acids is 1. The molecule has 1 fully saturated rings. The summed E-state index contributed by atoms with van der Waals surface area (Å²) in [6.45, 7) is 0.767. The molecule has 0 atom stereocenters. The molecular weight excluding hydrogens is 325 g/mol. The number of nitrogens with zero attached hydrogens (tertiary/aromatic N) is 3. The van der Waals surface area contributed by atoms with Gasteiger partial charge in [-0.2, -0.15) is 5.10 Å². The van der Waals surface area contributed by atoms with E-state index in [0.29, 0.717) is 38.8 Å². The van der Waals surface area contributed by atoms with E-state index in [1.54, 1.807) is 35.5 Å². The van der Waals surface area contributed by atoms with Crippen LogP contribution in [0.1, 0.15) is 24.8 Å². The molecule has 0 spiro atoms. The molecule has 0 saturated carbocycles. The lowest BCUT2D eigenvalue weighted by molar-refractivity contribution is -0.153. The second kappa shape index (κ2) is 7.04. The van der Waals surface area contributed by atoms with Crippen molar-refractivity contribution in [3.8, 4) is 0 Å². The third kappa shape index (κ3) is 3.55. The Kier molecular flexibility index (Phi) is 4.83. The van der Waals surface area contributed by atoms with E-state index in [1.165, 1.54) is 16.8 Å². The van der Waals surface area contributed by atoms with Crippen LogP contribution in [-0.2, 0) is 21.5 Å². The van der Waals surface area contributed by atoms with Crippen LogP contribution >= 0.6 is 0 Å². The minimum atomic E-state index is -1.09. The Morgan fingerprint density at radius 2 is 1.88 bits per heavy atom. The molecule has 0 aliphatic carbocycles. The van der Waals surface area contributed by atoms with Crippen molar-refractivity contribution >= 4 is 11.9 Å². The molecule has 1 N–H and O–H groups in total. The Morgan fingerprint density at radius 1 is 1.20 bits per heavy atom.